The van der Waals surface area contributed by atoms with E-state index in [1.165, 1.54) is 12.3 Å². The number of nitrogens with zero attached hydrogens (tertiary/aromatic N) is 1. The quantitative estimate of drug-likeness (QED) is 0.677. The molecule has 0 spiro atoms. The van der Waals surface area contributed by atoms with E-state index in [0.717, 1.165) is 6.42 Å². The van der Waals surface area contributed by atoms with Gasteiger partial charge in [-0.3, -0.25) is 14.6 Å². The van der Waals surface area contributed by atoms with E-state index in [2.05, 4.69) is 15.6 Å². The molecule has 2 amide bonds. The number of hydrogen-bond donors (Lipinski definition) is 3. The average molecular weight is 250 g/mol. The Morgan fingerprint density at radius 1 is 1.33 bits per heavy atom. The molecule has 1 aromatic rings. The zero-order valence-corrected chi connectivity index (χ0v) is 10.4. The first kappa shape index (κ1) is 14.0. The molecule has 1 aromatic heterocycles. The molecule has 6 nitrogen and oxygen atoms in total. The van der Waals surface area contributed by atoms with Crippen molar-refractivity contribution in [2.24, 2.45) is 0 Å². The largest absolute Gasteiger partial charge is 0.399 e. The third-order valence-corrected chi connectivity index (χ3v) is 2.23. The minimum Gasteiger partial charge on any atom is -0.399 e. The minimum atomic E-state index is -0.328. The lowest BCUT2D eigenvalue weighted by Crippen LogP contribution is -2.31. The Balaban J connectivity index is 2.31. The van der Waals surface area contributed by atoms with Crippen LogP contribution in [0.2, 0.25) is 0 Å². The smallest absolute Gasteiger partial charge is 0.269 e. The third kappa shape index (κ3) is 4.82. The number of nitrogen functional groups attached to an aromatic ring is 1. The molecule has 1 rings (SSSR count). The summed E-state index contributed by atoms with van der Waals surface area (Å²) in [4.78, 5) is 26.8. The van der Waals surface area contributed by atoms with Crippen molar-refractivity contribution in [1.29, 1.82) is 0 Å². The highest BCUT2D eigenvalue weighted by molar-refractivity contribution is 5.93. The van der Waals surface area contributed by atoms with Crippen molar-refractivity contribution < 1.29 is 9.59 Å². The SMILES string of the molecule is CCCNC(=O)CCNC(=O)c1cc(N)ccn1. The van der Waals surface area contributed by atoms with Gasteiger partial charge >= 0.3 is 0 Å². The van der Waals surface area contributed by atoms with Crippen molar-refractivity contribution in [3.63, 3.8) is 0 Å². The van der Waals surface area contributed by atoms with E-state index in [1.807, 2.05) is 6.92 Å². The van der Waals surface area contributed by atoms with Gasteiger partial charge in [-0.25, -0.2) is 0 Å². The molecular formula is C12H18N4O2. The average Bonchev–Trinajstić information content (AvgIpc) is 2.36. The Morgan fingerprint density at radius 3 is 2.78 bits per heavy atom. The van der Waals surface area contributed by atoms with Crippen LogP contribution in [-0.2, 0) is 4.79 Å². The maximum absolute atomic E-state index is 11.6. The van der Waals surface area contributed by atoms with Crippen LogP contribution in [0.1, 0.15) is 30.3 Å². The highest BCUT2D eigenvalue weighted by atomic mass is 16.2. The van der Waals surface area contributed by atoms with Crippen molar-refractivity contribution in [3.8, 4) is 0 Å². The first-order valence-corrected chi connectivity index (χ1v) is 5.90. The van der Waals surface area contributed by atoms with Gasteiger partial charge in [-0.15, -0.1) is 0 Å². The Bertz CT molecular complexity index is 420. The van der Waals surface area contributed by atoms with Crippen LogP contribution in [0.3, 0.4) is 0 Å². The van der Waals surface area contributed by atoms with Gasteiger partial charge in [0.15, 0.2) is 0 Å². The highest BCUT2D eigenvalue weighted by Crippen LogP contribution is 2.02. The number of carbonyl (C=O) groups excluding carboxylic acids is 2. The zero-order valence-electron chi connectivity index (χ0n) is 10.4. The van der Waals surface area contributed by atoms with Gasteiger partial charge in [0, 0.05) is 31.4 Å². The van der Waals surface area contributed by atoms with Crippen molar-refractivity contribution in [2.75, 3.05) is 18.8 Å². The van der Waals surface area contributed by atoms with Gasteiger partial charge in [0.05, 0.1) is 0 Å². The number of amides is 2. The van der Waals surface area contributed by atoms with E-state index in [-0.39, 0.29) is 30.5 Å². The van der Waals surface area contributed by atoms with Crippen molar-refractivity contribution >= 4 is 17.5 Å². The minimum absolute atomic E-state index is 0.0716. The maximum atomic E-state index is 11.6. The molecule has 0 unspecified atom stereocenters. The van der Waals surface area contributed by atoms with Crippen LogP contribution >= 0.6 is 0 Å². The molecule has 0 fully saturated rings. The predicted octanol–water partition coefficient (Wildman–Crippen LogP) is 0.310. The fraction of sp³-hybridized carbons (Fsp3) is 0.417. The lowest BCUT2D eigenvalue weighted by molar-refractivity contribution is -0.120. The van der Waals surface area contributed by atoms with Gasteiger partial charge in [0.2, 0.25) is 5.91 Å². The fourth-order valence-corrected chi connectivity index (χ4v) is 1.30. The Morgan fingerprint density at radius 2 is 2.11 bits per heavy atom. The number of aromatic nitrogens is 1. The summed E-state index contributed by atoms with van der Waals surface area (Å²) in [6, 6.07) is 3.10. The molecule has 0 aliphatic carbocycles. The summed E-state index contributed by atoms with van der Waals surface area (Å²) in [5.41, 5.74) is 6.28. The second-order valence-corrected chi connectivity index (χ2v) is 3.83. The van der Waals surface area contributed by atoms with E-state index < -0.39 is 0 Å². The summed E-state index contributed by atoms with van der Waals surface area (Å²) in [6.45, 7) is 2.92. The number of carbonyl (C=O) groups is 2. The molecular weight excluding hydrogens is 232 g/mol. The first-order chi connectivity index (χ1) is 8.63. The zero-order chi connectivity index (χ0) is 13.4. The summed E-state index contributed by atoms with van der Waals surface area (Å²) in [5, 5.41) is 5.34. The van der Waals surface area contributed by atoms with E-state index in [4.69, 9.17) is 5.73 Å². The van der Waals surface area contributed by atoms with Gasteiger partial charge < -0.3 is 16.4 Å². The molecule has 18 heavy (non-hydrogen) atoms. The number of nitrogens with two attached hydrogens (primary N) is 1. The molecule has 0 bridgehead atoms. The summed E-state index contributed by atoms with van der Waals surface area (Å²) >= 11 is 0. The third-order valence-electron chi connectivity index (χ3n) is 2.23. The van der Waals surface area contributed by atoms with Crippen LogP contribution in [0.15, 0.2) is 18.3 Å². The monoisotopic (exact) mass is 250 g/mol. The first-order valence-electron chi connectivity index (χ1n) is 5.90. The second-order valence-electron chi connectivity index (χ2n) is 3.83. The lowest BCUT2D eigenvalue weighted by atomic mass is 10.3. The molecule has 1 heterocycles. The van der Waals surface area contributed by atoms with Gasteiger partial charge in [0.25, 0.3) is 5.91 Å². The summed E-state index contributed by atoms with van der Waals surface area (Å²) in [7, 11) is 0. The van der Waals surface area contributed by atoms with E-state index >= 15 is 0 Å². The molecule has 0 saturated carbocycles. The molecule has 0 atom stereocenters. The van der Waals surface area contributed by atoms with Crippen molar-refractivity contribution in [1.82, 2.24) is 15.6 Å². The number of hydrogen-bond acceptors (Lipinski definition) is 4. The topological polar surface area (TPSA) is 97.1 Å². The summed E-state index contributed by atoms with van der Waals surface area (Å²) < 4.78 is 0. The number of nitrogens with one attached hydrogen (secondary N) is 2. The Labute approximate surface area is 106 Å². The summed E-state index contributed by atoms with van der Waals surface area (Å²) in [6.07, 6.45) is 2.62. The van der Waals surface area contributed by atoms with Crippen LogP contribution in [0.4, 0.5) is 5.69 Å². The highest BCUT2D eigenvalue weighted by Gasteiger charge is 2.07. The van der Waals surface area contributed by atoms with Crippen molar-refractivity contribution in [2.45, 2.75) is 19.8 Å². The van der Waals surface area contributed by atoms with E-state index in [9.17, 15) is 9.59 Å². The number of anilines is 1. The van der Waals surface area contributed by atoms with Gasteiger partial charge in [-0.1, -0.05) is 6.92 Å². The van der Waals surface area contributed by atoms with Crippen LogP contribution in [0, 0.1) is 0 Å². The van der Waals surface area contributed by atoms with Crippen molar-refractivity contribution in [3.05, 3.63) is 24.0 Å². The van der Waals surface area contributed by atoms with Crippen LogP contribution in [0.25, 0.3) is 0 Å². The van der Waals surface area contributed by atoms with Gasteiger partial charge in [-0.2, -0.15) is 0 Å². The lowest BCUT2D eigenvalue weighted by Gasteiger charge is -2.05. The van der Waals surface area contributed by atoms with Gasteiger partial charge in [0.1, 0.15) is 5.69 Å². The van der Waals surface area contributed by atoms with Crippen LogP contribution < -0.4 is 16.4 Å². The maximum Gasteiger partial charge on any atom is 0.269 e. The standard InChI is InChI=1S/C12H18N4O2/c1-2-5-15-11(17)4-7-16-12(18)10-8-9(13)3-6-14-10/h3,6,8H,2,4-5,7H2,1H3,(H2,13,14)(H,15,17)(H,16,18). The van der Waals surface area contributed by atoms with Gasteiger partial charge in [-0.05, 0) is 18.6 Å². The predicted molar refractivity (Wildman–Crippen MR) is 68.9 cm³/mol. The molecule has 4 N–H and O–H groups in total. The molecule has 0 aromatic carbocycles. The summed E-state index contributed by atoms with van der Waals surface area (Å²) in [5.74, 6) is -0.400. The molecule has 0 aliphatic rings. The normalized spacial score (nSPS) is 9.83. The molecule has 6 heteroatoms. The van der Waals surface area contributed by atoms with E-state index in [0.29, 0.717) is 12.2 Å². The fourth-order valence-electron chi connectivity index (χ4n) is 1.30. The number of pyridine rings is 1. The Hall–Kier alpha value is -2.11. The molecule has 98 valence electrons. The second kappa shape index (κ2) is 7.26. The number of rotatable bonds is 6. The Kier molecular flexibility index (Phi) is 5.63. The van der Waals surface area contributed by atoms with E-state index in [1.54, 1.807) is 6.07 Å². The van der Waals surface area contributed by atoms with Crippen LogP contribution in [-0.4, -0.2) is 29.9 Å². The molecule has 0 radical (unpaired) electrons. The molecule has 0 saturated heterocycles. The van der Waals surface area contributed by atoms with Crippen LogP contribution in [0.5, 0.6) is 0 Å². The molecule has 0 aliphatic heterocycles.